The number of para-hydroxylation sites is 1. The highest BCUT2D eigenvalue weighted by Gasteiger charge is 2.35. The summed E-state index contributed by atoms with van der Waals surface area (Å²) in [4.78, 5) is 23.1. The monoisotopic (exact) mass is 262 g/mol. The smallest absolute Gasteiger partial charge is 0.328 e. The normalized spacial score (nSPS) is 17.1. The third-order valence-electron chi connectivity index (χ3n) is 3.26. The van der Waals surface area contributed by atoms with Crippen molar-refractivity contribution in [3.8, 4) is 0 Å². The molecule has 0 aromatic heterocycles. The highest BCUT2D eigenvalue weighted by Crippen LogP contribution is 2.30. The van der Waals surface area contributed by atoms with Gasteiger partial charge in [0.25, 0.3) is 0 Å². The summed E-state index contributed by atoms with van der Waals surface area (Å²) in [6.07, 6.45) is 2.58. The minimum Gasteiger partial charge on any atom is -0.480 e. The molecule has 5 heteroatoms. The number of carboxylic acids is 1. The number of hydrazine groups is 1. The lowest BCUT2D eigenvalue weighted by Gasteiger charge is -2.25. The van der Waals surface area contributed by atoms with Gasteiger partial charge < -0.3 is 5.11 Å². The van der Waals surface area contributed by atoms with Crippen molar-refractivity contribution in [2.45, 2.75) is 38.6 Å². The van der Waals surface area contributed by atoms with Crippen molar-refractivity contribution in [2.24, 2.45) is 0 Å². The summed E-state index contributed by atoms with van der Waals surface area (Å²) in [5, 5.41) is 10.7. The molecule has 1 amide bonds. The predicted molar refractivity (Wildman–Crippen MR) is 71.7 cm³/mol. The zero-order chi connectivity index (χ0) is 13.8. The van der Waals surface area contributed by atoms with Crippen molar-refractivity contribution in [1.29, 1.82) is 0 Å². The summed E-state index contributed by atoms with van der Waals surface area (Å²) >= 11 is 0. The second-order valence-corrected chi connectivity index (χ2v) is 4.70. The van der Waals surface area contributed by atoms with E-state index in [4.69, 9.17) is 0 Å². The SMILES string of the molecule is CCCCC(=O)NN1c2ccccc2CC1C(=O)O. The molecular weight excluding hydrogens is 244 g/mol. The first-order valence-corrected chi connectivity index (χ1v) is 6.53. The Hall–Kier alpha value is -2.04. The number of benzene rings is 1. The van der Waals surface area contributed by atoms with E-state index in [0.717, 1.165) is 24.1 Å². The van der Waals surface area contributed by atoms with Gasteiger partial charge in [-0.3, -0.25) is 15.2 Å². The van der Waals surface area contributed by atoms with Crippen molar-refractivity contribution < 1.29 is 14.7 Å². The molecule has 102 valence electrons. The summed E-state index contributed by atoms with van der Waals surface area (Å²) in [6, 6.07) is 6.72. The molecule has 1 atom stereocenters. The van der Waals surface area contributed by atoms with Gasteiger partial charge in [-0.25, -0.2) is 4.79 Å². The Balaban J connectivity index is 2.15. The largest absolute Gasteiger partial charge is 0.480 e. The Labute approximate surface area is 112 Å². The van der Waals surface area contributed by atoms with E-state index in [-0.39, 0.29) is 5.91 Å². The first kappa shape index (κ1) is 13.4. The van der Waals surface area contributed by atoms with Crippen LogP contribution in [0.15, 0.2) is 24.3 Å². The summed E-state index contributed by atoms with van der Waals surface area (Å²) in [6.45, 7) is 2.01. The molecule has 2 rings (SSSR count). The predicted octanol–water partition coefficient (Wildman–Crippen LogP) is 1.72. The van der Waals surface area contributed by atoms with Crippen LogP contribution in [0.3, 0.4) is 0 Å². The van der Waals surface area contributed by atoms with Crippen LogP contribution in [-0.2, 0) is 16.0 Å². The number of anilines is 1. The van der Waals surface area contributed by atoms with Crippen molar-refractivity contribution >= 4 is 17.6 Å². The van der Waals surface area contributed by atoms with Gasteiger partial charge in [0.15, 0.2) is 6.04 Å². The zero-order valence-corrected chi connectivity index (χ0v) is 10.9. The molecule has 1 aliphatic heterocycles. The minimum atomic E-state index is -0.924. The quantitative estimate of drug-likeness (QED) is 0.847. The number of carbonyl (C=O) groups is 2. The highest BCUT2D eigenvalue weighted by atomic mass is 16.4. The third-order valence-corrected chi connectivity index (χ3v) is 3.26. The Morgan fingerprint density at radius 1 is 1.42 bits per heavy atom. The van der Waals surface area contributed by atoms with E-state index in [1.54, 1.807) is 0 Å². The van der Waals surface area contributed by atoms with Gasteiger partial charge in [-0.05, 0) is 18.1 Å². The molecule has 1 heterocycles. The molecule has 0 saturated carbocycles. The maximum absolute atomic E-state index is 11.8. The van der Waals surface area contributed by atoms with Crippen LogP contribution in [0.2, 0.25) is 0 Å². The lowest BCUT2D eigenvalue weighted by molar-refractivity contribution is -0.138. The number of hydrogen-bond acceptors (Lipinski definition) is 3. The van der Waals surface area contributed by atoms with Gasteiger partial charge in [-0.2, -0.15) is 0 Å². The first-order valence-electron chi connectivity index (χ1n) is 6.53. The standard InChI is InChI=1S/C14H18N2O3/c1-2-3-8-13(17)15-16-11-7-5-4-6-10(11)9-12(16)14(18)19/h4-7,12H,2-3,8-9H2,1H3,(H,15,17)(H,18,19). The molecule has 1 unspecified atom stereocenters. The number of amides is 1. The molecular formula is C14H18N2O3. The maximum atomic E-state index is 11.8. The molecule has 0 bridgehead atoms. The molecule has 1 aromatic rings. The summed E-state index contributed by atoms with van der Waals surface area (Å²) in [5.41, 5.74) is 4.44. The van der Waals surface area contributed by atoms with Crippen molar-refractivity contribution in [3.63, 3.8) is 0 Å². The number of rotatable bonds is 5. The van der Waals surface area contributed by atoms with Crippen molar-refractivity contribution in [1.82, 2.24) is 5.43 Å². The first-order chi connectivity index (χ1) is 9.13. The fraction of sp³-hybridized carbons (Fsp3) is 0.429. The third kappa shape index (κ3) is 2.86. The Bertz CT molecular complexity index is 487. The molecule has 1 aromatic carbocycles. The van der Waals surface area contributed by atoms with Crippen LogP contribution in [0.25, 0.3) is 0 Å². The topological polar surface area (TPSA) is 69.6 Å². The van der Waals surface area contributed by atoms with E-state index in [1.807, 2.05) is 31.2 Å². The second-order valence-electron chi connectivity index (χ2n) is 4.70. The van der Waals surface area contributed by atoms with E-state index in [9.17, 15) is 14.7 Å². The van der Waals surface area contributed by atoms with Gasteiger partial charge in [-0.1, -0.05) is 31.5 Å². The summed E-state index contributed by atoms with van der Waals surface area (Å²) in [7, 11) is 0. The zero-order valence-electron chi connectivity index (χ0n) is 10.9. The molecule has 5 nitrogen and oxygen atoms in total. The fourth-order valence-electron chi connectivity index (χ4n) is 2.25. The molecule has 0 aliphatic carbocycles. The van der Waals surface area contributed by atoms with Crippen LogP contribution in [0.4, 0.5) is 5.69 Å². The number of nitrogens with zero attached hydrogens (tertiary/aromatic N) is 1. The van der Waals surface area contributed by atoms with Crippen LogP contribution in [0.1, 0.15) is 31.7 Å². The molecule has 0 radical (unpaired) electrons. The number of carbonyl (C=O) groups excluding carboxylic acids is 1. The molecule has 1 aliphatic rings. The van der Waals surface area contributed by atoms with Crippen molar-refractivity contribution in [2.75, 3.05) is 5.01 Å². The highest BCUT2D eigenvalue weighted by molar-refractivity contribution is 5.86. The van der Waals surface area contributed by atoms with Crippen LogP contribution >= 0.6 is 0 Å². The van der Waals surface area contributed by atoms with Crippen molar-refractivity contribution in [3.05, 3.63) is 29.8 Å². The average Bonchev–Trinajstić information content (AvgIpc) is 2.76. The Morgan fingerprint density at radius 2 is 2.16 bits per heavy atom. The number of carboxylic acid groups (broad SMARTS) is 1. The van der Waals surface area contributed by atoms with Gasteiger partial charge in [0.2, 0.25) is 5.91 Å². The van der Waals surface area contributed by atoms with Crippen LogP contribution in [-0.4, -0.2) is 23.0 Å². The number of aliphatic carboxylic acids is 1. The molecule has 19 heavy (non-hydrogen) atoms. The lowest BCUT2D eigenvalue weighted by atomic mass is 10.1. The van der Waals surface area contributed by atoms with E-state index in [0.29, 0.717) is 12.8 Å². The Kier molecular flexibility index (Phi) is 4.04. The van der Waals surface area contributed by atoms with Crippen LogP contribution in [0.5, 0.6) is 0 Å². The Morgan fingerprint density at radius 3 is 2.84 bits per heavy atom. The van der Waals surface area contributed by atoms with Gasteiger partial charge in [0, 0.05) is 12.8 Å². The lowest BCUT2D eigenvalue weighted by Crippen LogP contribution is -2.50. The van der Waals surface area contributed by atoms with E-state index < -0.39 is 12.0 Å². The van der Waals surface area contributed by atoms with Crippen LogP contribution < -0.4 is 10.4 Å². The average molecular weight is 262 g/mol. The van der Waals surface area contributed by atoms with E-state index in [1.165, 1.54) is 5.01 Å². The van der Waals surface area contributed by atoms with Gasteiger partial charge in [-0.15, -0.1) is 0 Å². The molecule has 2 N–H and O–H groups in total. The van der Waals surface area contributed by atoms with Gasteiger partial charge in [0.1, 0.15) is 0 Å². The number of hydrogen-bond donors (Lipinski definition) is 2. The number of nitrogens with one attached hydrogen (secondary N) is 1. The molecule has 0 saturated heterocycles. The van der Waals surface area contributed by atoms with Gasteiger partial charge in [0.05, 0.1) is 5.69 Å². The summed E-state index contributed by atoms with van der Waals surface area (Å²) in [5.74, 6) is -1.06. The summed E-state index contributed by atoms with van der Waals surface area (Å²) < 4.78 is 0. The van der Waals surface area contributed by atoms with Crippen LogP contribution in [0, 0.1) is 0 Å². The second kappa shape index (κ2) is 5.73. The van der Waals surface area contributed by atoms with Gasteiger partial charge >= 0.3 is 5.97 Å². The van der Waals surface area contributed by atoms with E-state index >= 15 is 0 Å². The number of unbranched alkanes of at least 4 members (excludes halogenated alkanes) is 1. The fourth-order valence-corrected chi connectivity index (χ4v) is 2.25. The van der Waals surface area contributed by atoms with E-state index in [2.05, 4.69) is 5.43 Å². The minimum absolute atomic E-state index is 0.134. The molecule has 0 fully saturated rings. The maximum Gasteiger partial charge on any atom is 0.328 e. The molecule has 0 spiro atoms. The number of fused-ring (bicyclic) bond motifs is 1.